The molecule has 5 heteroatoms. The van der Waals surface area contributed by atoms with Crippen LogP contribution in [-0.4, -0.2) is 16.1 Å². The average Bonchev–Trinajstić information content (AvgIpc) is 2.80. The van der Waals surface area contributed by atoms with Crippen LogP contribution in [0.25, 0.3) is 0 Å². The fraction of sp³-hybridized carbons (Fsp3) is 0.231. The van der Waals surface area contributed by atoms with Gasteiger partial charge in [0.15, 0.2) is 0 Å². The van der Waals surface area contributed by atoms with Crippen LogP contribution in [-0.2, 0) is 13.0 Å². The molecule has 0 atom stereocenters. The zero-order valence-electron chi connectivity index (χ0n) is 9.81. The van der Waals surface area contributed by atoms with Crippen molar-refractivity contribution in [2.45, 2.75) is 13.0 Å². The highest BCUT2D eigenvalue weighted by molar-refractivity contribution is 5.35. The van der Waals surface area contributed by atoms with Gasteiger partial charge >= 0.3 is 0 Å². The lowest BCUT2D eigenvalue weighted by Gasteiger charge is -2.04. The van der Waals surface area contributed by atoms with E-state index in [0.717, 1.165) is 5.69 Å². The van der Waals surface area contributed by atoms with Crippen LogP contribution in [0, 0.1) is 17.1 Å². The molecular formula is C13H13FN4. The van der Waals surface area contributed by atoms with Gasteiger partial charge in [-0.3, -0.25) is 0 Å². The number of rotatable bonds is 4. The maximum absolute atomic E-state index is 13.8. The van der Waals surface area contributed by atoms with Crippen LogP contribution < -0.4 is 5.73 Å². The van der Waals surface area contributed by atoms with E-state index in [0.29, 0.717) is 25.1 Å². The van der Waals surface area contributed by atoms with E-state index in [1.807, 2.05) is 12.3 Å². The van der Waals surface area contributed by atoms with Crippen molar-refractivity contribution in [3.8, 4) is 6.07 Å². The summed E-state index contributed by atoms with van der Waals surface area (Å²) in [7, 11) is 0. The molecule has 92 valence electrons. The number of nitrogens with two attached hydrogens (primary N) is 1. The Kier molecular flexibility index (Phi) is 3.70. The number of nitriles is 1. The fourth-order valence-electron chi connectivity index (χ4n) is 1.75. The molecule has 1 heterocycles. The van der Waals surface area contributed by atoms with E-state index in [1.54, 1.807) is 23.0 Å². The first-order valence-corrected chi connectivity index (χ1v) is 5.63. The lowest BCUT2D eigenvalue weighted by atomic mass is 10.1. The topological polar surface area (TPSA) is 67.6 Å². The van der Waals surface area contributed by atoms with Crippen LogP contribution in [0.4, 0.5) is 4.39 Å². The first kappa shape index (κ1) is 12.3. The lowest BCUT2D eigenvalue weighted by molar-refractivity contribution is 0.596. The quantitative estimate of drug-likeness (QED) is 0.885. The molecule has 0 aliphatic rings. The van der Waals surface area contributed by atoms with Gasteiger partial charge in [-0.1, -0.05) is 12.1 Å². The Balaban J connectivity index is 2.21. The molecule has 18 heavy (non-hydrogen) atoms. The number of nitrogens with zero attached hydrogens (tertiary/aromatic N) is 3. The maximum atomic E-state index is 13.8. The van der Waals surface area contributed by atoms with Gasteiger partial charge in [0.25, 0.3) is 0 Å². The molecule has 0 amide bonds. The average molecular weight is 244 g/mol. The minimum absolute atomic E-state index is 0.0646. The van der Waals surface area contributed by atoms with Crippen molar-refractivity contribution >= 4 is 0 Å². The highest BCUT2D eigenvalue weighted by atomic mass is 19.1. The molecule has 4 nitrogen and oxygen atoms in total. The molecule has 0 aliphatic heterocycles. The van der Waals surface area contributed by atoms with Crippen molar-refractivity contribution in [1.29, 1.82) is 5.26 Å². The monoisotopic (exact) mass is 244 g/mol. The zero-order chi connectivity index (χ0) is 13.0. The zero-order valence-corrected chi connectivity index (χ0v) is 9.81. The molecule has 0 aliphatic carbocycles. The third kappa shape index (κ3) is 2.55. The van der Waals surface area contributed by atoms with Gasteiger partial charge in [0.1, 0.15) is 11.9 Å². The van der Waals surface area contributed by atoms with Gasteiger partial charge in [-0.15, -0.1) is 0 Å². The summed E-state index contributed by atoms with van der Waals surface area (Å²) in [5, 5.41) is 8.76. The second-order valence-electron chi connectivity index (χ2n) is 3.97. The van der Waals surface area contributed by atoms with Gasteiger partial charge in [0.2, 0.25) is 0 Å². The third-order valence-electron chi connectivity index (χ3n) is 2.64. The summed E-state index contributed by atoms with van der Waals surface area (Å²) in [5.74, 6) is -0.464. The molecule has 0 radical (unpaired) electrons. The second kappa shape index (κ2) is 5.43. The predicted molar refractivity (Wildman–Crippen MR) is 65.2 cm³/mol. The van der Waals surface area contributed by atoms with Crippen molar-refractivity contribution in [3.63, 3.8) is 0 Å². The first-order chi connectivity index (χ1) is 8.74. The van der Waals surface area contributed by atoms with Gasteiger partial charge in [-0.05, 0) is 12.6 Å². The van der Waals surface area contributed by atoms with Gasteiger partial charge in [0.05, 0.1) is 24.1 Å². The number of aromatic nitrogens is 2. The Morgan fingerprint density at radius 1 is 1.44 bits per heavy atom. The van der Waals surface area contributed by atoms with Gasteiger partial charge in [-0.25, -0.2) is 9.37 Å². The number of imidazole rings is 1. The van der Waals surface area contributed by atoms with Crippen LogP contribution >= 0.6 is 0 Å². The SMILES string of the molecule is N#Cc1cccc(Cn2cnc(CCN)c2)c1F. The first-order valence-electron chi connectivity index (χ1n) is 5.63. The van der Waals surface area contributed by atoms with E-state index in [4.69, 9.17) is 11.0 Å². The fourth-order valence-corrected chi connectivity index (χ4v) is 1.75. The van der Waals surface area contributed by atoms with Crippen LogP contribution in [0.5, 0.6) is 0 Å². The molecule has 0 bridgehead atoms. The van der Waals surface area contributed by atoms with Crippen LogP contribution in [0.2, 0.25) is 0 Å². The van der Waals surface area contributed by atoms with Gasteiger partial charge < -0.3 is 10.3 Å². The summed E-state index contributed by atoms with van der Waals surface area (Å²) in [4.78, 5) is 4.17. The van der Waals surface area contributed by atoms with Gasteiger partial charge in [-0.2, -0.15) is 5.26 Å². The highest BCUT2D eigenvalue weighted by Crippen LogP contribution is 2.13. The van der Waals surface area contributed by atoms with Gasteiger partial charge in [0, 0.05) is 18.2 Å². The van der Waals surface area contributed by atoms with Crippen LogP contribution in [0.3, 0.4) is 0 Å². The van der Waals surface area contributed by atoms with E-state index in [1.165, 1.54) is 6.07 Å². The smallest absolute Gasteiger partial charge is 0.145 e. The summed E-state index contributed by atoms with van der Waals surface area (Å²) in [5.41, 5.74) is 6.86. The lowest BCUT2D eigenvalue weighted by Crippen LogP contribution is -2.03. The summed E-state index contributed by atoms with van der Waals surface area (Å²) >= 11 is 0. The van der Waals surface area contributed by atoms with Crippen molar-refractivity contribution < 1.29 is 4.39 Å². The standard InChI is InChI=1S/C13H13FN4/c14-13-10(6-16)2-1-3-11(13)7-18-8-12(4-5-15)17-9-18/h1-3,8-9H,4-5,7,15H2. The summed E-state index contributed by atoms with van der Waals surface area (Å²) in [6.45, 7) is 0.897. The molecule has 2 rings (SSSR count). The molecule has 2 N–H and O–H groups in total. The van der Waals surface area contributed by atoms with Crippen molar-refractivity contribution in [2.24, 2.45) is 5.73 Å². The maximum Gasteiger partial charge on any atom is 0.145 e. The molecule has 0 saturated carbocycles. The minimum atomic E-state index is -0.464. The van der Waals surface area contributed by atoms with E-state index in [2.05, 4.69) is 4.98 Å². The normalized spacial score (nSPS) is 10.3. The summed E-state index contributed by atoms with van der Waals surface area (Å²) in [6.07, 6.45) is 4.18. The van der Waals surface area contributed by atoms with E-state index in [-0.39, 0.29) is 5.56 Å². The Labute approximate surface area is 104 Å². The van der Waals surface area contributed by atoms with Crippen molar-refractivity contribution in [1.82, 2.24) is 9.55 Å². The molecule has 0 saturated heterocycles. The number of hydrogen-bond acceptors (Lipinski definition) is 3. The Bertz CT molecular complexity index is 583. The Hall–Kier alpha value is -2.19. The van der Waals surface area contributed by atoms with E-state index in [9.17, 15) is 4.39 Å². The third-order valence-corrected chi connectivity index (χ3v) is 2.64. The van der Waals surface area contributed by atoms with Crippen LogP contribution in [0.15, 0.2) is 30.7 Å². The largest absolute Gasteiger partial charge is 0.333 e. The number of benzene rings is 1. The second-order valence-corrected chi connectivity index (χ2v) is 3.97. The molecule has 0 fully saturated rings. The molecule has 0 unspecified atom stereocenters. The highest BCUT2D eigenvalue weighted by Gasteiger charge is 2.08. The molecule has 2 aromatic rings. The number of halogens is 1. The predicted octanol–water partition coefficient (Wildman–Crippen LogP) is 1.44. The minimum Gasteiger partial charge on any atom is -0.333 e. The Morgan fingerprint density at radius 3 is 3.00 bits per heavy atom. The van der Waals surface area contributed by atoms with Crippen molar-refractivity contribution in [3.05, 3.63) is 53.4 Å². The van der Waals surface area contributed by atoms with E-state index >= 15 is 0 Å². The molecule has 1 aromatic heterocycles. The summed E-state index contributed by atoms with van der Waals surface area (Å²) < 4.78 is 15.6. The molecule has 1 aromatic carbocycles. The molecule has 0 spiro atoms. The van der Waals surface area contributed by atoms with E-state index < -0.39 is 5.82 Å². The van der Waals surface area contributed by atoms with Crippen LogP contribution in [0.1, 0.15) is 16.8 Å². The molecular weight excluding hydrogens is 231 g/mol. The summed E-state index contributed by atoms with van der Waals surface area (Å²) in [6, 6.07) is 6.64. The van der Waals surface area contributed by atoms with Crippen molar-refractivity contribution in [2.75, 3.05) is 6.54 Å². The Morgan fingerprint density at radius 2 is 2.28 bits per heavy atom. The number of hydrogen-bond donors (Lipinski definition) is 1.